The molecule has 1 aliphatic carbocycles. The molecule has 1 saturated carbocycles. The summed E-state index contributed by atoms with van der Waals surface area (Å²) in [6.45, 7) is 3.10. The van der Waals surface area contributed by atoms with Gasteiger partial charge in [-0.25, -0.2) is 0 Å². The van der Waals surface area contributed by atoms with Crippen LogP contribution in [0.1, 0.15) is 44.2 Å². The van der Waals surface area contributed by atoms with Gasteiger partial charge in [0, 0.05) is 19.6 Å². The Kier molecular flexibility index (Phi) is 11.0. The fraction of sp³-hybridized carbons (Fsp3) is 0.667. The van der Waals surface area contributed by atoms with Crippen molar-refractivity contribution in [3.63, 3.8) is 0 Å². The van der Waals surface area contributed by atoms with Crippen LogP contribution in [0.5, 0.6) is 11.5 Å². The van der Waals surface area contributed by atoms with Gasteiger partial charge in [0.15, 0.2) is 17.5 Å². The van der Waals surface area contributed by atoms with Gasteiger partial charge >= 0.3 is 0 Å². The van der Waals surface area contributed by atoms with Gasteiger partial charge in [-0.2, -0.15) is 0 Å². The Balaban J connectivity index is 0.00000392. The van der Waals surface area contributed by atoms with Crippen molar-refractivity contribution in [3.05, 3.63) is 23.8 Å². The van der Waals surface area contributed by atoms with Gasteiger partial charge < -0.3 is 25.0 Å². The molecule has 0 saturated heterocycles. The Hall–Kier alpha value is -1.22. The van der Waals surface area contributed by atoms with Gasteiger partial charge in [0.05, 0.1) is 20.3 Å². The van der Waals surface area contributed by atoms with E-state index in [0.717, 1.165) is 29.9 Å². The number of ether oxygens (including phenoxy) is 2. The predicted octanol–water partition coefficient (Wildman–Crippen LogP) is 3.67. The smallest absolute Gasteiger partial charge is 0.191 e. The van der Waals surface area contributed by atoms with E-state index in [4.69, 9.17) is 9.47 Å². The molecule has 1 unspecified atom stereocenters. The molecule has 1 aliphatic rings. The maximum atomic E-state index is 5.46. The number of hydrogen-bond acceptors (Lipinski definition) is 4. The number of benzene rings is 1. The molecule has 0 amide bonds. The number of methoxy groups -OCH3 is 2. The molecule has 0 spiro atoms. The Bertz CT molecular complexity index is 616. The minimum atomic E-state index is 0. The number of nitrogens with one attached hydrogen (secondary N) is 2. The maximum Gasteiger partial charge on any atom is 0.191 e. The third-order valence-electron chi connectivity index (χ3n) is 5.46. The van der Waals surface area contributed by atoms with E-state index < -0.39 is 0 Å². The average molecular weight is 504 g/mol. The maximum absolute atomic E-state index is 5.46. The highest BCUT2D eigenvalue weighted by Gasteiger charge is 2.20. The lowest BCUT2D eigenvalue weighted by Crippen LogP contribution is -2.46. The second-order valence-electron chi connectivity index (χ2n) is 7.65. The second-order valence-corrected chi connectivity index (χ2v) is 7.65. The van der Waals surface area contributed by atoms with Crippen LogP contribution in [0.15, 0.2) is 23.2 Å². The van der Waals surface area contributed by atoms with Crippen LogP contribution < -0.4 is 20.1 Å². The topological polar surface area (TPSA) is 58.1 Å². The summed E-state index contributed by atoms with van der Waals surface area (Å²) >= 11 is 0. The molecule has 2 rings (SSSR count). The lowest BCUT2D eigenvalue weighted by atomic mass is 9.87. The predicted molar refractivity (Wildman–Crippen MR) is 127 cm³/mol. The SMILES string of the molecule is CN=C(NCC(c1ccc(OC)c(OC)c1)N(C)C)NC1CCC(C)CC1.I. The first-order chi connectivity index (χ1) is 13.0. The number of likely N-dealkylation sites (N-methyl/N-ethyl adjacent to an activating group) is 1. The molecule has 1 aromatic carbocycles. The van der Waals surface area contributed by atoms with Crippen molar-refractivity contribution in [2.75, 3.05) is 41.9 Å². The molecule has 7 heteroatoms. The number of halogens is 1. The molecule has 0 aromatic heterocycles. The van der Waals surface area contributed by atoms with Gasteiger partial charge in [0.25, 0.3) is 0 Å². The Morgan fingerprint density at radius 2 is 1.79 bits per heavy atom. The van der Waals surface area contributed by atoms with Crippen LogP contribution in [0.25, 0.3) is 0 Å². The normalized spacial score (nSPS) is 20.9. The van der Waals surface area contributed by atoms with E-state index in [1.54, 1.807) is 14.2 Å². The van der Waals surface area contributed by atoms with E-state index in [9.17, 15) is 0 Å². The third-order valence-corrected chi connectivity index (χ3v) is 5.46. The van der Waals surface area contributed by atoms with E-state index in [-0.39, 0.29) is 30.0 Å². The van der Waals surface area contributed by atoms with Crippen LogP contribution in [0, 0.1) is 5.92 Å². The number of rotatable bonds is 7. The fourth-order valence-corrected chi connectivity index (χ4v) is 3.64. The van der Waals surface area contributed by atoms with Crippen LogP contribution in [0.2, 0.25) is 0 Å². The van der Waals surface area contributed by atoms with Crippen molar-refractivity contribution in [2.45, 2.75) is 44.7 Å². The summed E-state index contributed by atoms with van der Waals surface area (Å²) in [5.74, 6) is 3.22. The van der Waals surface area contributed by atoms with E-state index in [1.807, 2.05) is 19.2 Å². The summed E-state index contributed by atoms with van der Waals surface area (Å²) in [4.78, 5) is 6.62. The van der Waals surface area contributed by atoms with Gasteiger partial charge in [-0.05, 0) is 63.4 Å². The Labute approximate surface area is 187 Å². The number of aliphatic imine (C=N–C) groups is 1. The van der Waals surface area contributed by atoms with Crippen molar-refractivity contribution < 1.29 is 9.47 Å². The first kappa shape index (κ1) is 24.8. The van der Waals surface area contributed by atoms with E-state index >= 15 is 0 Å². The van der Waals surface area contributed by atoms with Crippen LogP contribution >= 0.6 is 24.0 Å². The number of hydrogen-bond donors (Lipinski definition) is 2. The van der Waals surface area contributed by atoms with Crippen molar-refractivity contribution in [1.29, 1.82) is 0 Å². The molecular formula is C21H37IN4O2. The van der Waals surface area contributed by atoms with Crippen molar-refractivity contribution in [3.8, 4) is 11.5 Å². The Morgan fingerprint density at radius 3 is 2.32 bits per heavy atom. The zero-order valence-electron chi connectivity index (χ0n) is 18.1. The molecule has 1 fully saturated rings. The van der Waals surface area contributed by atoms with Gasteiger partial charge in [-0.15, -0.1) is 24.0 Å². The minimum absolute atomic E-state index is 0. The first-order valence-corrected chi connectivity index (χ1v) is 9.84. The van der Waals surface area contributed by atoms with Crippen LogP contribution in [0.4, 0.5) is 0 Å². The third kappa shape index (κ3) is 6.99. The van der Waals surface area contributed by atoms with Crippen molar-refractivity contribution in [1.82, 2.24) is 15.5 Å². The minimum Gasteiger partial charge on any atom is -0.493 e. The molecule has 1 atom stereocenters. The summed E-state index contributed by atoms with van der Waals surface area (Å²) in [5.41, 5.74) is 1.17. The molecule has 2 N–H and O–H groups in total. The molecule has 160 valence electrons. The van der Waals surface area contributed by atoms with Gasteiger partial charge in [-0.1, -0.05) is 13.0 Å². The summed E-state index contributed by atoms with van der Waals surface area (Å²) in [7, 11) is 9.33. The van der Waals surface area contributed by atoms with E-state index in [0.29, 0.717) is 6.04 Å². The molecule has 0 heterocycles. The summed E-state index contributed by atoms with van der Waals surface area (Å²) < 4.78 is 10.8. The number of guanidine groups is 1. The molecular weight excluding hydrogens is 467 g/mol. The summed E-state index contributed by atoms with van der Waals surface area (Å²) in [5, 5.41) is 7.09. The standard InChI is InChI=1S/C21H36N4O2.HI/c1-15-7-10-17(11-8-15)24-21(22-2)23-14-18(25(3)4)16-9-12-19(26-5)20(13-16)27-6;/h9,12-13,15,17-18H,7-8,10-11,14H2,1-6H3,(H2,22,23,24);1H. The fourth-order valence-electron chi connectivity index (χ4n) is 3.64. The van der Waals surface area contributed by atoms with Crippen molar-refractivity contribution >= 4 is 29.9 Å². The largest absolute Gasteiger partial charge is 0.493 e. The highest BCUT2D eigenvalue weighted by atomic mass is 127. The van der Waals surface area contributed by atoms with E-state index in [2.05, 4.69) is 47.6 Å². The molecule has 1 aromatic rings. The summed E-state index contributed by atoms with van der Waals surface area (Å²) in [6.07, 6.45) is 5.02. The molecule has 6 nitrogen and oxygen atoms in total. The number of nitrogens with zero attached hydrogens (tertiary/aromatic N) is 2. The average Bonchev–Trinajstić information content (AvgIpc) is 2.68. The summed E-state index contributed by atoms with van der Waals surface area (Å²) in [6, 6.07) is 6.80. The lowest BCUT2D eigenvalue weighted by molar-refractivity contribution is 0.293. The zero-order chi connectivity index (χ0) is 19.8. The van der Waals surface area contributed by atoms with E-state index in [1.165, 1.54) is 31.2 Å². The van der Waals surface area contributed by atoms with Crippen LogP contribution in [-0.2, 0) is 0 Å². The lowest BCUT2D eigenvalue weighted by Gasteiger charge is -2.30. The Morgan fingerprint density at radius 1 is 1.14 bits per heavy atom. The van der Waals surface area contributed by atoms with Gasteiger partial charge in [-0.3, -0.25) is 4.99 Å². The van der Waals surface area contributed by atoms with Crippen LogP contribution in [-0.4, -0.2) is 58.8 Å². The quantitative estimate of drug-likeness (QED) is 0.337. The van der Waals surface area contributed by atoms with Crippen molar-refractivity contribution in [2.24, 2.45) is 10.9 Å². The molecule has 0 aliphatic heterocycles. The highest BCUT2D eigenvalue weighted by Crippen LogP contribution is 2.31. The molecule has 28 heavy (non-hydrogen) atoms. The zero-order valence-corrected chi connectivity index (χ0v) is 20.4. The monoisotopic (exact) mass is 504 g/mol. The second kappa shape index (κ2) is 12.4. The highest BCUT2D eigenvalue weighted by molar-refractivity contribution is 14.0. The van der Waals surface area contributed by atoms with Gasteiger partial charge in [0.1, 0.15) is 0 Å². The molecule has 0 radical (unpaired) electrons. The first-order valence-electron chi connectivity index (χ1n) is 9.84. The molecule has 0 bridgehead atoms. The van der Waals surface area contributed by atoms with Crippen LogP contribution in [0.3, 0.4) is 0 Å². The van der Waals surface area contributed by atoms with Gasteiger partial charge in [0.2, 0.25) is 0 Å².